The molecular formula is C19H21NO7. The average molecular weight is 375 g/mol. The van der Waals surface area contributed by atoms with E-state index >= 15 is 0 Å². The van der Waals surface area contributed by atoms with Gasteiger partial charge in [0, 0.05) is 20.3 Å². The molecule has 27 heavy (non-hydrogen) atoms. The molecule has 8 heteroatoms. The van der Waals surface area contributed by atoms with Gasteiger partial charge in [-0.2, -0.15) is 0 Å². The maximum absolute atomic E-state index is 12.5. The second-order valence-electron chi connectivity index (χ2n) is 6.61. The molecule has 2 saturated heterocycles. The number of esters is 3. The second kappa shape index (κ2) is 7.77. The fourth-order valence-corrected chi connectivity index (χ4v) is 3.64. The van der Waals surface area contributed by atoms with Crippen LogP contribution in [-0.4, -0.2) is 59.6 Å². The Kier molecular flexibility index (Phi) is 5.43. The molecule has 2 fully saturated rings. The summed E-state index contributed by atoms with van der Waals surface area (Å²) in [6.07, 6.45) is -1.84. The number of nitrogens with zero attached hydrogens (tertiary/aromatic N) is 1. The van der Waals surface area contributed by atoms with Crippen LogP contribution in [0.25, 0.3) is 0 Å². The van der Waals surface area contributed by atoms with Crippen LogP contribution in [-0.2, 0) is 28.6 Å². The molecule has 0 saturated carbocycles. The number of fused-ring (bicyclic) bond motifs is 1. The van der Waals surface area contributed by atoms with Gasteiger partial charge in [0.2, 0.25) is 5.91 Å². The number of piperidine rings is 1. The predicted octanol–water partition coefficient (Wildman–Crippen LogP) is 1.08. The number of hydrogen-bond donors (Lipinski definition) is 0. The van der Waals surface area contributed by atoms with E-state index in [-0.39, 0.29) is 18.9 Å². The third-order valence-corrected chi connectivity index (χ3v) is 4.67. The lowest BCUT2D eigenvalue weighted by atomic mass is 9.96. The summed E-state index contributed by atoms with van der Waals surface area (Å²) in [5, 5.41) is 0. The van der Waals surface area contributed by atoms with Crippen LogP contribution in [0.3, 0.4) is 0 Å². The van der Waals surface area contributed by atoms with E-state index in [1.54, 1.807) is 30.3 Å². The molecule has 0 N–H and O–H groups in total. The van der Waals surface area contributed by atoms with E-state index in [1.807, 2.05) is 0 Å². The summed E-state index contributed by atoms with van der Waals surface area (Å²) in [5.74, 6) is -1.78. The molecule has 0 spiro atoms. The Balaban J connectivity index is 1.84. The number of hydrogen-bond acceptors (Lipinski definition) is 7. The smallest absolute Gasteiger partial charge is 0.338 e. The van der Waals surface area contributed by atoms with Gasteiger partial charge in [-0.1, -0.05) is 18.2 Å². The van der Waals surface area contributed by atoms with Crippen molar-refractivity contribution in [1.29, 1.82) is 0 Å². The normalized spacial score (nSPS) is 26.9. The molecule has 4 atom stereocenters. The maximum Gasteiger partial charge on any atom is 0.338 e. The minimum absolute atomic E-state index is 0.0976. The van der Waals surface area contributed by atoms with Crippen molar-refractivity contribution in [3.63, 3.8) is 0 Å². The maximum atomic E-state index is 12.5. The number of ether oxygens (including phenoxy) is 3. The van der Waals surface area contributed by atoms with Crippen LogP contribution < -0.4 is 0 Å². The highest BCUT2D eigenvalue weighted by atomic mass is 16.6. The zero-order valence-corrected chi connectivity index (χ0v) is 15.1. The molecule has 2 heterocycles. The summed E-state index contributed by atoms with van der Waals surface area (Å²) in [4.78, 5) is 49.3. The highest BCUT2D eigenvalue weighted by Gasteiger charge is 2.54. The highest BCUT2D eigenvalue weighted by Crippen LogP contribution is 2.34. The standard InChI is InChI=1S/C19H21NO7/c1-11(21)25-15-10-20-16(23)9-8-14(17(20)18(15)26-12(2)22)27-19(24)13-6-4-3-5-7-13/h3-7,14-15,17-18H,8-10H2,1-2H3/t14-,15-,17-,18-/m0/s1. The third-order valence-electron chi connectivity index (χ3n) is 4.67. The Morgan fingerprint density at radius 1 is 0.963 bits per heavy atom. The van der Waals surface area contributed by atoms with Gasteiger partial charge in [-0.15, -0.1) is 0 Å². The molecule has 1 amide bonds. The second-order valence-corrected chi connectivity index (χ2v) is 6.61. The van der Waals surface area contributed by atoms with Gasteiger partial charge in [-0.05, 0) is 18.6 Å². The summed E-state index contributed by atoms with van der Waals surface area (Å²) in [5.41, 5.74) is 0.388. The van der Waals surface area contributed by atoms with E-state index in [4.69, 9.17) is 14.2 Å². The van der Waals surface area contributed by atoms with Crippen molar-refractivity contribution in [3.05, 3.63) is 35.9 Å². The Bertz CT molecular complexity index is 748. The van der Waals surface area contributed by atoms with Gasteiger partial charge >= 0.3 is 17.9 Å². The van der Waals surface area contributed by atoms with Crippen molar-refractivity contribution in [1.82, 2.24) is 4.90 Å². The van der Waals surface area contributed by atoms with Crippen molar-refractivity contribution in [2.24, 2.45) is 0 Å². The first-order chi connectivity index (χ1) is 12.9. The fraction of sp³-hybridized carbons (Fsp3) is 0.474. The van der Waals surface area contributed by atoms with E-state index in [2.05, 4.69) is 0 Å². The molecule has 0 unspecified atom stereocenters. The van der Waals surface area contributed by atoms with Crippen LogP contribution in [0.1, 0.15) is 37.0 Å². The first kappa shape index (κ1) is 18.9. The molecular weight excluding hydrogens is 354 g/mol. The van der Waals surface area contributed by atoms with Crippen LogP contribution in [0.15, 0.2) is 30.3 Å². The van der Waals surface area contributed by atoms with E-state index < -0.39 is 42.3 Å². The van der Waals surface area contributed by atoms with Crippen molar-refractivity contribution in [2.45, 2.75) is 51.0 Å². The molecule has 1 aromatic carbocycles. The zero-order chi connectivity index (χ0) is 19.6. The predicted molar refractivity (Wildman–Crippen MR) is 91.5 cm³/mol. The summed E-state index contributed by atoms with van der Waals surface area (Å²) in [7, 11) is 0. The summed E-state index contributed by atoms with van der Waals surface area (Å²) in [6, 6.07) is 7.81. The Morgan fingerprint density at radius 3 is 2.26 bits per heavy atom. The quantitative estimate of drug-likeness (QED) is 0.573. The Morgan fingerprint density at radius 2 is 1.63 bits per heavy atom. The van der Waals surface area contributed by atoms with Crippen LogP contribution in [0.5, 0.6) is 0 Å². The largest absolute Gasteiger partial charge is 0.457 e. The van der Waals surface area contributed by atoms with E-state index in [0.717, 1.165) is 0 Å². The number of rotatable bonds is 4. The minimum atomic E-state index is -0.885. The van der Waals surface area contributed by atoms with E-state index in [9.17, 15) is 19.2 Å². The minimum Gasteiger partial charge on any atom is -0.457 e. The monoisotopic (exact) mass is 375 g/mol. The molecule has 0 bridgehead atoms. The Hall–Kier alpha value is -2.90. The van der Waals surface area contributed by atoms with Crippen LogP contribution in [0.2, 0.25) is 0 Å². The first-order valence-electron chi connectivity index (χ1n) is 8.76. The van der Waals surface area contributed by atoms with Crippen molar-refractivity contribution in [3.8, 4) is 0 Å². The van der Waals surface area contributed by atoms with Gasteiger partial charge in [-0.3, -0.25) is 14.4 Å². The van der Waals surface area contributed by atoms with Crippen molar-refractivity contribution in [2.75, 3.05) is 6.54 Å². The van der Waals surface area contributed by atoms with Crippen LogP contribution in [0, 0.1) is 0 Å². The highest BCUT2D eigenvalue weighted by molar-refractivity contribution is 5.89. The van der Waals surface area contributed by atoms with Gasteiger partial charge in [0.25, 0.3) is 0 Å². The van der Waals surface area contributed by atoms with Gasteiger partial charge in [0.05, 0.1) is 12.1 Å². The van der Waals surface area contributed by atoms with E-state index in [1.165, 1.54) is 18.7 Å². The molecule has 144 valence electrons. The zero-order valence-electron chi connectivity index (χ0n) is 15.1. The number of carbonyl (C=O) groups is 4. The molecule has 2 aliphatic heterocycles. The van der Waals surface area contributed by atoms with Gasteiger partial charge in [-0.25, -0.2) is 4.79 Å². The third kappa shape index (κ3) is 4.10. The van der Waals surface area contributed by atoms with Crippen LogP contribution >= 0.6 is 0 Å². The first-order valence-corrected chi connectivity index (χ1v) is 8.76. The summed E-state index contributed by atoms with van der Waals surface area (Å²) in [6.45, 7) is 2.58. The summed E-state index contributed by atoms with van der Waals surface area (Å²) >= 11 is 0. The lowest BCUT2D eigenvalue weighted by Gasteiger charge is -2.37. The fourth-order valence-electron chi connectivity index (χ4n) is 3.64. The molecule has 3 rings (SSSR count). The molecule has 1 aromatic rings. The molecule has 0 radical (unpaired) electrons. The Labute approximate surface area is 156 Å². The van der Waals surface area contributed by atoms with Gasteiger partial charge in [0.1, 0.15) is 12.1 Å². The number of carbonyl (C=O) groups excluding carboxylic acids is 4. The number of amides is 1. The van der Waals surface area contributed by atoms with Crippen LogP contribution in [0.4, 0.5) is 0 Å². The molecule has 8 nitrogen and oxygen atoms in total. The van der Waals surface area contributed by atoms with Gasteiger partial charge < -0.3 is 19.1 Å². The molecule has 0 aliphatic carbocycles. The van der Waals surface area contributed by atoms with Gasteiger partial charge in [0.15, 0.2) is 12.2 Å². The average Bonchev–Trinajstić information content (AvgIpc) is 2.96. The lowest BCUT2D eigenvalue weighted by Crippen LogP contribution is -2.54. The van der Waals surface area contributed by atoms with Crippen molar-refractivity contribution >= 4 is 23.8 Å². The number of benzene rings is 1. The topological polar surface area (TPSA) is 99.2 Å². The SMILES string of the molecule is CC(=O)O[C@@H]1[C@@H]2[C@@H](OC(=O)c3ccccc3)CCC(=O)N2C[C@@H]1OC(C)=O. The molecule has 0 aromatic heterocycles. The lowest BCUT2D eigenvalue weighted by molar-refractivity contribution is -0.165. The van der Waals surface area contributed by atoms with E-state index in [0.29, 0.717) is 12.0 Å². The molecule has 2 aliphatic rings. The summed E-state index contributed by atoms with van der Waals surface area (Å²) < 4.78 is 16.3. The van der Waals surface area contributed by atoms with Crippen molar-refractivity contribution < 1.29 is 33.4 Å².